The van der Waals surface area contributed by atoms with Crippen LogP contribution in [0.15, 0.2) is 59.6 Å². The van der Waals surface area contributed by atoms with Crippen molar-refractivity contribution in [1.29, 1.82) is 0 Å². The number of ether oxygens (including phenoxy) is 3. The average molecular weight is 537 g/mol. The number of hydrogen-bond acceptors (Lipinski definition) is 4. The highest BCUT2D eigenvalue weighted by Crippen LogP contribution is 2.21. The number of hydrogen-bond donors (Lipinski definition) is 1. The molecule has 2 aromatic carbocycles. The molecular weight excluding hydrogens is 505 g/mol. The molecule has 7 heteroatoms. The summed E-state index contributed by atoms with van der Waals surface area (Å²) in [4.78, 5) is 6.76. The van der Waals surface area contributed by atoms with Crippen molar-refractivity contribution in [3.8, 4) is 5.75 Å². The van der Waals surface area contributed by atoms with Crippen LogP contribution in [0.3, 0.4) is 0 Å². The van der Waals surface area contributed by atoms with Crippen LogP contribution >= 0.6 is 24.0 Å². The number of halogens is 1. The molecule has 0 spiro atoms. The highest BCUT2D eigenvalue weighted by atomic mass is 127. The quantitative estimate of drug-likeness (QED) is 0.345. The summed E-state index contributed by atoms with van der Waals surface area (Å²) < 4.78 is 17.7. The lowest BCUT2D eigenvalue weighted by atomic mass is 10.1. The van der Waals surface area contributed by atoms with Crippen LogP contribution in [0.25, 0.3) is 0 Å². The first-order valence-electron chi connectivity index (χ1n) is 10.8. The predicted octanol–water partition coefficient (Wildman–Crippen LogP) is 3.84. The zero-order chi connectivity index (χ0) is 20.6. The Bertz CT molecular complexity index is 828. The summed E-state index contributed by atoms with van der Waals surface area (Å²) in [5, 5.41) is 3.49. The topological polar surface area (TPSA) is 55.3 Å². The van der Waals surface area contributed by atoms with Crippen molar-refractivity contribution in [1.82, 2.24) is 10.2 Å². The number of nitrogens with zero attached hydrogens (tertiary/aromatic N) is 2. The molecule has 0 saturated carbocycles. The van der Waals surface area contributed by atoms with E-state index < -0.39 is 0 Å². The van der Waals surface area contributed by atoms with E-state index in [2.05, 4.69) is 39.5 Å². The van der Waals surface area contributed by atoms with E-state index in [-0.39, 0.29) is 36.2 Å². The van der Waals surface area contributed by atoms with Gasteiger partial charge in [-0.3, -0.25) is 4.99 Å². The first-order valence-corrected chi connectivity index (χ1v) is 10.8. The number of nitrogens with one attached hydrogen (secondary N) is 1. The van der Waals surface area contributed by atoms with E-state index in [0.29, 0.717) is 19.8 Å². The Morgan fingerprint density at radius 1 is 1.06 bits per heavy atom. The molecule has 2 unspecified atom stereocenters. The van der Waals surface area contributed by atoms with Gasteiger partial charge in [-0.25, -0.2) is 0 Å². The molecule has 168 valence electrons. The monoisotopic (exact) mass is 537 g/mol. The molecular formula is C24H32IN3O3. The highest BCUT2D eigenvalue weighted by molar-refractivity contribution is 14.0. The maximum Gasteiger partial charge on any atom is 0.194 e. The summed E-state index contributed by atoms with van der Waals surface area (Å²) >= 11 is 0. The standard InChI is InChI=1S/C24H31N3O3.HI/c1-25-24(27-12-14-29-23(17-27)22-11-6-13-28-22)26-16-20-9-5-10-21(15-20)30-18-19-7-3-2-4-8-19;/h2-5,7-10,15,22-23H,6,11-14,16-18H2,1H3,(H,25,26);1H. The number of rotatable bonds is 6. The maximum atomic E-state index is 5.96. The molecule has 0 amide bonds. The Balaban J connectivity index is 0.00000272. The van der Waals surface area contributed by atoms with Crippen molar-refractivity contribution >= 4 is 29.9 Å². The number of morpholine rings is 1. The van der Waals surface area contributed by atoms with Crippen LogP contribution in [0.4, 0.5) is 0 Å². The Morgan fingerprint density at radius 3 is 2.65 bits per heavy atom. The third kappa shape index (κ3) is 6.82. The molecule has 2 aliphatic rings. The predicted molar refractivity (Wildman–Crippen MR) is 133 cm³/mol. The summed E-state index contributed by atoms with van der Waals surface area (Å²) in [6.45, 7) is 4.46. The normalized spacial score (nSPS) is 21.5. The van der Waals surface area contributed by atoms with Crippen LogP contribution in [0, 0.1) is 0 Å². The van der Waals surface area contributed by atoms with Gasteiger partial charge in [0.05, 0.1) is 12.7 Å². The molecule has 2 saturated heterocycles. The molecule has 2 aliphatic heterocycles. The van der Waals surface area contributed by atoms with Crippen LogP contribution in [0.5, 0.6) is 5.75 Å². The summed E-state index contributed by atoms with van der Waals surface area (Å²) in [6.07, 6.45) is 2.54. The number of aliphatic imine (C=N–C) groups is 1. The molecule has 0 aromatic heterocycles. The van der Waals surface area contributed by atoms with Gasteiger partial charge in [-0.1, -0.05) is 42.5 Å². The van der Waals surface area contributed by atoms with Crippen molar-refractivity contribution in [2.75, 3.05) is 33.4 Å². The fraction of sp³-hybridized carbons (Fsp3) is 0.458. The number of guanidine groups is 1. The molecule has 0 bridgehead atoms. The van der Waals surface area contributed by atoms with Crippen LogP contribution in [0.2, 0.25) is 0 Å². The van der Waals surface area contributed by atoms with Crippen molar-refractivity contribution in [2.45, 2.75) is 38.2 Å². The van der Waals surface area contributed by atoms with Gasteiger partial charge < -0.3 is 24.4 Å². The lowest BCUT2D eigenvalue weighted by Crippen LogP contribution is -2.53. The van der Waals surface area contributed by atoms with E-state index in [0.717, 1.165) is 55.4 Å². The summed E-state index contributed by atoms with van der Waals surface area (Å²) in [7, 11) is 1.83. The van der Waals surface area contributed by atoms with Gasteiger partial charge in [0.2, 0.25) is 0 Å². The van der Waals surface area contributed by atoms with Gasteiger partial charge in [0.25, 0.3) is 0 Å². The molecule has 6 nitrogen and oxygen atoms in total. The third-order valence-corrected chi connectivity index (χ3v) is 5.58. The third-order valence-electron chi connectivity index (χ3n) is 5.58. The molecule has 0 radical (unpaired) electrons. The van der Waals surface area contributed by atoms with Gasteiger partial charge in [0.1, 0.15) is 18.5 Å². The molecule has 4 rings (SSSR count). The van der Waals surface area contributed by atoms with E-state index >= 15 is 0 Å². The molecule has 2 fully saturated rings. The fourth-order valence-electron chi connectivity index (χ4n) is 3.99. The van der Waals surface area contributed by atoms with Gasteiger partial charge in [0, 0.05) is 33.3 Å². The summed E-state index contributed by atoms with van der Waals surface area (Å²) in [6, 6.07) is 18.4. The van der Waals surface area contributed by atoms with Crippen molar-refractivity contribution in [2.24, 2.45) is 4.99 Å². The van der Waals surface area contributed by atoms with Gasteiger partial charge >= 0.3 is 0 Å². The second-order valence-corrected chi connectivity index (χ2v) is 7.73. The average Bonchev–Trinajstić information content (AvgIpc) is 3.35. The van der Waals surface area contributed by atoms with Gasteiger partial charge in [-0.15, -0.1) is 24.0 Å². The van der Waals surface area contributed by atoms with Crippen LogP contribution in [-0.4, -0.2) is 56.4 Å². The van der Waals surface area contributed by atoms with Gasteiger partial charge in [-0.05, 0) is 36.1 Å². The lowest BCUT2D eigenvalue weighted by molar-refractivity contribution is -0.0817. The minimum atomic E-state index is 0. The summed E-state index contributed by atoms with van der Waals surface area (Å²) in [5.74, 6) is 1.77. The Kier molecular flexibility index (Phi) is 9.42. The second kappa shape index (κ2) is 12.3. The van der Waals surface area contributed by atoms with E-state index in [1.807, 2.05) is 37.4 Å². The lowest BCUT2D eigenvalue weighted by Gasteiger charge is -2.37. The van der Waals surface area contributed by atoms with Crippen molar-refractivity contribution in [3.63, 3.8) is 0 Å². The minimum Gasteiger partial charge on any atom is -0.489 e. The zero-order valence-electron chi connectivity index (χ0n) is 18.0. The first kappa shape index (κ1) is 23.8. The van der Waals surface area contributed by atoms with Gasteiger partial charge in [0.15, 0.2) is 5.96 Å². The van der Waals surface area contributed by atoms with E-state index in [1.54, 1.807) is 0 Å². The number of benzene rings is 2. The van der Waals surface area contributed by atoms with Crippen molar-refractivity contribution in [3.05, 3.63) is 65.7 Å². The van der Waals surface area contributed by atoms with E-state index in [4.69, 9.17) is 14.2 Å². The van der Waals surface area contributed by atoms with Crippen LogP contribution in [0.1, 0.15) is 24.0 Å². The Hall–Kier alpha value is -1.84. The highest BCUT2D eigenvalue weighted by Gasteiger charge is 2.32. The van der Waals surface area contributed by atoms with E-state index in [1.165, 1.54) is 0 Å². The smallest absolute Gasteiger partial charge is 0.194 e. The molecule has 2 atom stereocenters. The van der Waals surface area contributed by atoms with Crippen molar-refractivity contribution < 1.29 is 14.2 Å². The Labute approximate surface area is 202 Å². The fourth-order valence-corrected chi connectivity index (χ4v) is 3.99. The largest absolute Gasteiger partial charge is 0.489 e. The SMILES string of the molecule is CN=C(NCc1cccc(OCc2ccccc2)c1)N1CCOC(C2CCCO2)C1.I. The molecule has 2 heterocycles. The van der Waals surface area contributed by atoms with Crippen LogP contribution < -0.4 is 10.1 Å². The molecule has 1 N–H and O–H groups in total. The molecule has 0 aliphatic carbocycles. The van der Waals surface area contributed by atoms with Gasteiger partial charge in [-0.2, -0.15) is 0 Å². The van der Waals surface area contributed by atoms with E-state index in [9.17, 15) is 0 Å². The second-order valence-electron chi connectivity index (χ2n) is 7.73. The molecule has 31 heavy (non-hydrogen) atoms. The first-order chi connectivity index (χ1) is 14.8. The maximum absolute atomic E-state index is 5.96. The van der Waals surface area contributed by atoms with Crippen LogP contribution in [-0.2, 0) is 22.6 Å². The summed E-state index contributed by atoms with van der Waals surface area (Å²) in [5.41, 5.74) is 2.32. The molecule has 2 aromatic rings. The zero-order valence-corrected chi connectivity index (χ0v) is 20.4. The Morgan fingerprint density at radius 2 is 1.87 bits per heavy atom. The minimum absolute atomic E-state index is 0.